The maximum absolute atomic E-state index is 5.44. The molecule has 0 N–H and O–H groups in total. The second-order valence-electron chi connectivity index (χ2n) is 8.28. The fourth-order valence-electron chi connectivity index (χ4n) is 4.44. The second-order valence-corrected chi connectivity index (χ2v) is 9.26. The average molecular weight is 408 g/mol. The zero-order valence-corrected chi connectivity index (χ0v) is 18.2. The molecule has 2 heterocycles. The van der Waals surface area contributed by atoms with E-state index >= 15 is 0 Å². The van der Waals surface area contributed by atoms with E-state index < -0.39 is 0 Å². The Labute approximate surface area is 177 Å². The molecule has 0 amide bonds. The molecule has 1 aliphatic rings. The summed E-state index contributed by atoms with van der Waals surface area (Å²) in [7, 11) is 4.41. The van der Waals surface area contributed by atoms with Gasteiger partial charge in [0, 0.05) is 16.5 Å². The molecule has 3 aromatic rings. The van der Waals surface area contributed by atoms with E-state index in [1.54, 1.807) is 0 Å². The van der Waals surface area contributed by atoms with Crippen molar-refractivity contribution >= 4 is 17.4 Å². The fraction of sp³-hybridized carbons (Fsp3) is 0.417. The molecule has 4 rings (SSSR count). The first-order chi connectivity index (χ1) is 14.1. The van der Waals surface area contributed by atoms with Gasteiger partial charge in [0.1, 0.15) is 0 Å². The van der Waals surface area contributed by atoms with Crippen LogP contribution in [0.5, 0.6) is 0 Å². The van der Waals surface area contributed by atoms with Crippen LogP contribution in [0.2, 0.25) is 0 Å². The molecule has 2 aromatic heterocycles. The Kier molecular flexibility index (Phi) is 6.26. The van der Waals surface area contributed by atoms with Crippen LogP contribution in [-0.2, 0) is 0 Å². The first-order valence-electron chi connectivity index (χ1n) is 10.4. The number of hydrogen-bond donors (Lipinski definition) is 0. The van der Waals surface area contributed by atoms with Crippen LogP contribution in [0.4, 0.5) is 0 Å². The highest BCUT2D eigenvalue weighted by Crippen LogP contribution is 2.41. The lowest BCUT2D eigenvalue weighted by Crippen LogP contribution is -2.29. The smallest absolute Gasteiger partial charge is 0.250 e. The molecule has 29 heavy (non-hydrogen) atoms. The summed E-state index contributed by atoms with van der Waals surface area (Å²) in [6.07, 6.45) is 9.22. The van der Waals surface area contributed by atoms with Crippen LogP contribution in [0.15, 0.2) is 52.4 Å². The molecule has 0 saturated heterocycles. The van der Waals surface area contributed by atoms with E-state index in [0.29, 0.717) is 23.7 Å². The van der Waals surface area contributed by atoms with Gasteiger partial charge in [-0.25, -0.2) is 0 Å². The molecular formula is C24H29N3OS. The molecule has 0 aliphatic heterocycles. The maximum atomic E-state index is 5.44. The Balaban J connectivity index is 1.36. The number of thiophene rings is 1. The minimum atomic E-state index is 0.535. The van der Waals surface area contributed by atoms with Gasteiger partial charge in [-0.2, -0.15) is 4.98 Å². The molecule has 1 unspecified atom stereocenters. The maximum Gasteiger partial charge on any atom is 0.250 e. The van der Waals surface area contributed by atoms with Crippen molar-refractivity contribution in [1.29, 1.82) is 0 Å². The van der Waals surface area contributed by atoms with Crippen LogP contribution in [0.3, 0.4) is 0 Å². The SMILES string of the molecule is Cc1cccc(-c2noc(/C=C/C3CCC(C(c4cccs4)N(C)C)CC3)n2)c1. The van der Waals surface area contributed by atoms with Crippen LogP contribution < -0.4 is 0 Å². The number of hydrogen-bond acceptors (Lipinski definition) is 5. The molecule has 0 bridgehead atoms. The third-order valence-electron chi connectivity index (χ3n) is 5.88. The van der Waals surface area contributed by atoms with Crippen molar-refractivity contribution < 1.29 is 4.52 Å². The first kappa shape index (κ1) is 20.0. The van der Waals surface area contributed by atoms with Crippen molar-refractivity contribution in [3.8, 4) is 11.4 Å². The van der Waals surface area contributed by atoms with E-state index in [4.69, 9.17) is 4.52 Å². The van der Waals surface area contributed by atoms with Crippen LogP contribution in [0.1, 0.15) is 48.1 Å². The number of allylic oxidation sites excluding steroid dienone is 1. The summed E-state index contributed by atoms with van der Waals surface area (Å²) in [5.41, 5.74) is 2.19. The van der Waals surface area contributed by atoms with Crippen molar-refractivity contribution in [2.45, 2.75) is 38.6 Å². The molecule has 0 radical (unpaired) electrons. The van der Waals surface area contributed by atoms with E-state index in [2.05, 4.69) is 71.8 Å². The largest absolute Gasteiger partial charge is 0.334 e. The highest BCUT2D eigenvalue weighted by Gasteiger charge is 2.29. The van der Waals surface area contributed by atoms with Crippen LogP contribution in [0, 0.1) is 18.8 Å². The molecule has 1 aromatic carbocycles. The Morgan fingerprint density at radius 2 is 1.97 bits per heavy atom. The highest BCUT2D eigenvalue weighted by molar-refractivity contribution is 7.10. The minimum Gasteiger partial charge on any atom is -0.334 e. The zero-order valence-electron chi connectivity index (χ0n) is 17.4. The zero-order chi connectivity index (χ0) is 20.2. The summed E-state index contributed by atoms with van der Waals surface area (Å²) in [6.45, 7) is 2.07. The number of nitrogens with zero attached hydrogens (tertiary/aromatic N) is 3. The Morgan fingerprint density at radius 3 is 2.66 bits per heavy atom. The van der Waals surface area contributed by atoms with E-state index in [-0.39, 0.29) is 0 Å². The highest BCUT2D eigenvalue weighted by atomic mass is 32.1. The second kappa shape index (κ2) is 9.06. The van der Waals surface area contributed by atoms with Crippen LogP contribution >= 0.6 is 11.3 Å². The third-order valence-corrected chi connectivity index (χ3v) is 6.83. The first-order valence-corrected chi connectivity index (χ1v) is 11.3. The standard InChI is InChI=1S/C24H29N3OS/c1-17-6-4-7-20(16-17)24-25-22(28-26-24)14-11-18-9-12-19(13-10-18)23(27(2)3)21-8-5-15-29-21/h4-8,11,14-16,18-19,23H,9-10,12-13H2,1-3H3/b14-11+. The molecule has 5 heteroatoms. The van der Waals surface area contributed by atoms with E-state index in [0.717, 1.165) is 11.5 Å². The van der Waals surface area contributed by atoms with Crippen LogP contribution in [0.25, 0.3) is 17.5 Å². The summed E-state index contributed by atoms with van der Waals surface area (Å²) in [6, 6.07) is 13.2. The molecular weight excluding hydrogens is 378 g/mol. The molecule has 1 aliphatic carbocycles. The predicted molar refractivity (Wildman–Crippen MR) is 120 cm³/mol. The van der Waals surface area contributed by atoms with E-state index in [9.17, 15) is 0 Å². The summed E-state index contributed by atoms with van der Waals surface area (Å²) < 4.78 is 5.44. The molecule has 152 valence electrons. The normalized spacial score (nSPS) is 21.1. The Bertz CT molecular complexity index is 937. The Hall–Kier alpha value is -2.24. The van der Waals surface area contributed by atoms with Gasteiger partial charge in [-0.05, 0) is 82.1 Å². The van der Waals surface area contributed by atoms with Gasteiger partial charge >= 0.3 is 0 Å². The average Bonchev–Trinajstić information content (AvgIpc) is 3.40. The number of aromatic nitrogens is 2. The topological polar surface area (TPSA) is 42.2 Å². The number of aryl methyl sites for hydroxylation is 1. The monoisotopic (exact) mass is 407 g/mol. The lowest BCUT2D eigenvalue weighted by atomic mass is 9.77. The van der Waals surface area contributed by atoms with Crippen molar-refractivity contribution in [2.24, 2.45) is 11.8 Å². The molecule has 1 fully saturated rings. The number of rotatable bonds is 6. The predicted octanol–water partition coefficient (Wildman–Crippen LogP) is 6.23. The van der Waals surface area contributed by atoms with Gasteiger partial charge in [0.15, 0.2) is 0 Å². The molecule has 4 nitrogen and oxygen atoms in total. The van der Waals surface area contributed by atoms with Crippen LogP contribution in [-0.4, -0.2) is 29.1 Å². The number of benzene rings is 1. The van der Waals surface area contributed by atoms with Gasteiger partial charge in [-0.15, -0.1) is 11.3 Å². The van der Waals surface area contributed by atoms with Crippen molar-refractivity contribution in [1.82, 2.24) is 15.0 Å². The molecule has 0 spiro atoms. The minimum absolute atomic E-state index is 0.535. The van der Waals surface area contributed by atoms with Crippen molar-refractivity contribution in [2.75, 3.05) is 14.1 Å². The van der Waals surface area contributed by atoms with E-state index in [1.807, 2.05) is 29.5 Å². The summed E-state index contributed by atoms with van der Waals surface area (Å²) in [5, 5.41) is 6.32. The van der Waals surface area contributed by atoms with Gasteiger partial charge in [0.2, 0.25) is 5.82 Å². The molecule has 1 saturated carbocycles. The summed E-state index contributed by atoms with van der Waals surface area (Å²) >= 11 is 1.88. The quantitative estimate of drug-likeness (QED) is 0.486. The van der Waals surface area contributed by atoms with Gasteiger partial charge in [0.05, 0.1) is 0 Å². The van der Waals surface area contributed by atoms with E-state index in [1.165, 1.54) is 36.1 Å². The van der Waals surface area contributed by atoms with Gasteiger partial charge in [0.25, 0.3) is 5.89 Å². The Morgan fingerprint density at radius 1 is 1.14 bits per heavy atom. The summed E-state index contributed by atoms with van der Waals surface area (Å²) in [5.74, 6) is 2.56. The van der Waals surface area contributed by atoms with Crippen molar-refractivity contribution in [3.05, 3.63) is 64.2 Å². The lowest BCUT2D eigenvalue weighted by molar-refractivity contribution is 0.162. The lowest BCUT2D eigenvalue weighted by Gasteiger charge is -2.36. The van der Waals surface area contributed by atoms with Crippen molar-refractivity contribution in [3.63, 3.8) is 0 Å². The third kappa shape index (κ3) is 4.85. The summed E-state index contributed by atoms with van der Waals surface area (Å²) in [4.78, 5) is 8.41. The van der Waals surface area contributed by atoms with Gasteiger partial charge in [-0.3, -0.25) is 0 Å². The fourth-order valence-corrected chi connectivity index (χ4v) is 5.46. The van der Waals surface area contributed by atoms with Gasteiger partial charge < -0.3 is 9.42 Å². The molecule has 1 atom stereocenters. The van der Waals surface area contributed by atoms with Gasteiger partial charge in [-0.1, -0.05) is 41.1 Å².